The average Bonchev–Trinajstić information content (AvgIpc) is 2.45. The van der Waals surface area contributed by atoms with Gasteiger partial charge in [-0.3, -0.25) is 0 Å². The normalized spacial score (nSPS) is 13.4. The van der Waals surface area contributed by atoms with Crippen LogP contribution in [0.3, 0.4) is 0 Å². The predicted octanol–water partition coefficient (Wildman–Crippen LogP) is 2.35. The first kappa shape index (κ1) is 18.1. The van der Waals surface area contributed by atoms with Crippen LogP contribution in [0, 0.1) is 6.92 Å². The highest BCUT2D eigenvalue weighted by atomic mass is 32.2. The molecule has 7 heteroatoms. The summed E-state index contributed by atoms with van der Waals surface area (Å²) >= 11 is 1.70. The van der Waals surface area contributed by atoms with Gasteiger partial charge in [0.25, 0.3) is 0 Å². The van der Waals surface area contributed by atoms with E-state index < -0.39 is 10.0 Å². The first-order valence-corrected chi connectivity index (χ1v) is 9.50. The molecule has 0 saturated carbocycles. The fourth-order valence-corrected chi connectivity index (χ4v) is 4.04. The van der Waals surface area contributed by atoms with Gasteiger partial charge < -0.3 is 10.5 Å². The fourth-order valence-electron chi connectivity index (χ4n) is 1.90. The van der Waals surface area contributed by atoms with Crippen molar-refractivity contribution in [1.82, 2.24) is 4.31 Å². The molecule has 1 aromatic carbocycles. The number of aryl methyl sites for hydroxylation is 1. The molecule has 2 N–H and O–H groups in total. The lowest BCUT2D eigenvalue weighted by molar-refractivity contribution is 0.372. The fraction of sp³-hybridized carbons (Fsp3) is 0.571. The van der Waals surface area contributed by atoms with Crippen LogP contribution in [0.5, 0.6) is 5.75 Å². The van der Waals surface area contributed by atoms with Gasteiger partial charge in [-0.15, -0.1) is 0 Å². The number of benzene rings is 1. The molecule has 0 amide bonds. The Kier molecular flexibility index (Phi) is 6.37. The molecule has 0 spiro atoms. The number of anilines is 1. The average molecular weight is 332 g/mol. The molecule has 0 saturated heterocycles. The molecule has 1 rings (SSSR count). The number of hydrogen-bond acceptors (Lipinski definition) is 5. The molecule has 0 aromatic heterocycles. The number of thioether (sulfide) groups is 1. The van der Waals surface area contributed by atoms with Crippen molar-refractivity contribution in [2.45, 2.75) is 31.2 Å². The van der Waals surface area contributed by atoms with Crippen LogP contribution in [-0.2, 0) is 10.0 Å². The molecule has 1 aromatic rings. The third-order valence-corrected chi connectivity index (χ3v) is 6.21. The van der Waals surface area contributed by atoms with Crippen LogP contribution < -0.4 is 10.5 Å². The quantitative estimate of drug-likeness (QED) is 0.776. The van der Waals surface area contributed by atoms with Gasteiger partial charge in [0, 0.05) is 18.8 Å². The van der Waals surface area contributed by atoms with Gasteiger partial charge in [-0.1, -0.05) is 0 Å². The van der Waals surface area contributed by atoms with E-state index >= 15 is 0 Å². The minimum atomic E-state index is -3.63. The van der Waals surface area contributed by atoms with Gasteiger partial charge in [-0.05, 0) is 50.0 Å². The Morgan fingerprint density at radius 1 is 1.43 bits per heavy atom. The maximum absolute atomic E-state index is 12.8. The van der Waals surface area contributed by atoms with Gasteiger partial charge in [0.1, 0.15) is 10.6 Å². The van der Waals surface area contributed by atoms with Crippen LogP contribution in [0.4, 0.5) is 5.69 Å². The van der Waals surface area contributed by atoms with Crippen molar-refractivity contribution in [3.05, 3.63) is 17.7 Å². The maximum Gasteiger partial charge on any atom is 0.246 e. The molecule has 0 radical (unpaired) electrons. The lowest BCUT2D eigenvalue weighted by atomic mass is 10.2. The van der Waals surface area contributed by atoms with Crippen LogP contribution in [0.25, 0.3) is 0 Å². The highest BCUT2D eigenvalue weighted by molar-refractivity contribution is 7.98. The van der Waals surface area contributed by atoms with E-state index in [-0.39, 0.29) is 10.9 Å². The second kappa shape index (κ2) is 7.38. The number of sulfonamides is 1. The van der Waals surface area contributed by atoms with Gasteiger partial charge >= 0.3 is 0 Å². The van der Waals surface area contributed by atoms with Crippen molar-refractivity contribution in [2.75, 3.05) is 31.9 Å². The minimum Gasteiger partial charge on any atom is -0.495 e. The summed E-state index contributed by atoms with van der Waals surface area (Å²) < 4.78 is 32.1. The standard InChI is InChI=1S/C14H24N2O3S2/c1-10-8-13(19-4)14(9-12(10)15)21(17,18)16(3)11(2)6-7-20-5/h8-9,11H,6-7,15H2,1-5H3. The number of nitrogen functional groups attached to an aromatic ring is 1. The number of rotatable bonds is 7. The van der Waals surface area contributed by atoms with Crippen molar-refractivity contribution in [2.24, 2.45) is 0 Å². The van der Waals surface area contributed by atoms with E-state index in [2.05, 4.69) is 0 Å². The van der Waals surface area contributed by atoms with Gasteiger partial charge in [0.15, 0.2) is 0 Å². The molecule has 1 atom stereocenters. The second-order valence-corrected chi connectivity index (χ2v) is 7.96. The van der Waals surface area contributed by atoms with Crippen molar-refractivity contribution in [3.63, 3.8) is 0 Å². The first-order valence-electron chi connectivity index (χ1n) is 6.66. The molecule has 0 aliphatic rings. The Hall–Kier alpha value is -0.920. The van der Waals surface area contributed by atoms with Crippen LogP contribution in [0.2, 0.25) is 0 Å². The molecule has 120 valence electrons. The molecule has 1 unspecified atom stereocenters. The molecule has 0 aliphatic carbocycles. The van der Waals surface area contributed by atoms with Gasteiger partial charge in [-0.25, -0.2) is 8.42 Å². The number of ether oxygens (including phenoxy) is 1. The van der Waals surface area contributed by atoms with E-state index in [4.69, 9.17) is 10.5 Å². The van der Waals surface area contributed by atoms with E-state index in [9.17, 15) is 8.42 Å². The Morgan fingerprint density at radius 3 is 2.57 bits per heavy atom. The Bertz CT molecular complexity index is 588. The number of nitrogens with two attached hydrogens (primary N) is 1. The van der Waals surface area contributed by atoms with Crippen LogP contribution in [0.15, 0.2) is 17.0 Å². The number of methoxy groups -OCH3 is 1. The minimum absolute atomic E-state index is 0.0883. The Morgan fingerprint density at radius 2 is 2.05 bits per heavy atom. The molecular formula is C14H24N2O3S2. The third kappa shape index (κ3) is 4.05. The lowest BCUT2D eigenvalue weighted by Crippen LogP contribution is -2.35. The van der Waals surface area contributed by atoms with Crippen molar-refractivity contribution < 1.29 is 13.2 Å². The lowest BCUT2D eigenvalue weighted by Gasteiger charge is -2.25. The largest absolute Gasteiger partial charge is 0.495 e. The van der Waals surface area contributed by atoms with E-state index in [1.54, 1.807) is 24.9 Å². The topological polar surface area (TPSA) is 72.6 Å². The summed E-state index contributed by atoms with van der Waals surface area (Å²) in [5, 5.41) is 0. The molecule has 21 heavy (non-hydrogen) atoms. The Balaban J connectivity index is 3.21. The smallest absolute Gasteiger partial charge is 0.246 e. The summed E-state index contributed by atoms with van der Waals surface area (Å²) in [6.45, 7) is 3.72. The zero-order chi connectivity index (χ0) is 16.2. The molecule has 0 fully saturated rings. The van der Waals surface area contributed by atoms with Crippen LogP contribution in [0.1, 0.15) is 18.9 Å². The maximum atomic E-state index is 12.8. The summed E-state index contributed by atoms with van der Waals surface area (Å²) in [5.74, 6) is 1.24. The van der Waals surface area contributed by atoms with Gasteiger partial charge in [0.2, 0.25) is 10.0 Å². The third-order valence-electron chi connectivity index (χ3n) is 3.57. The summed E-state index contributed by atoms with van der Waals surface area (Å²) in [4.78, 5) is 0.117. The predicted molar refractivity (Wildman–Crippen MR) is 89.6 cm³/mol. The number of nitrogens with zero attached hydrogens (tertiary/aromatic N) is 1. The van der Waals surface area contributed by atoms with E-state index in [0.717, 1.165) is 17.7 Å². The molecule has 0 aliphatic heterocycles. The van der Waals surface area contributed by atoms with Gasteiger partial charge in [-0.2, -0.15) is 16.1 Å². The molecular weight excluding hydrogens is 308 g/mol. The SMILES string of the molecule is COc1cc(C)c(N)cc1S(=O)(=O)N(C)C(C)CCSC. The summed E-state index contributed by atoms with van der Waals surface area (Å²) in [6.07, 6.45) is 2.80. The van der Waals surface area contributed by atoms with Crippen LogP contribution >= 0.6 is 11.8 Å². The van der Waals surface area contributed by atoms with E-state index in [1.807, 2.05) is 20.1 Å². The van der Waals surface area contributed by atoms with E-state index in [0.29, 0.717) is 11.4 Å². The zero-order valence-corrected chi connectivity index (χ0v) is 14.8. The summed E-state index contributed by atoms with van der Waals surface area (Å²) in [7, 11) is -0.579. The highest BCUT2D eigenvalue weighted by Gasteiger charge is 2.28. The highest BCUT2D eigenvalue weighted by Crippen LogP contribution is 2.31. The van der Waals surface area contributed by atoms with E-state index in [1.165, 1.54) is 17.5 Å². The first-order chi connectivity index (χ1) is 9.75. The van der Waals surface area contributed by atoms with Crippen molar-refractivity contribution >= 4 is 27.5 Å². The Labute approximate surface area is 131 Å². The van der Waals surface area contributed by atoms with Crippen molar-refractivity contribution in [3.8, 4) is 5.75 Å². The van der Waals surface area contributed by atoms with Crippen molar-refractivity contribution in [1.29, 1.82) is 0 Å². The van der Waals surface area contributed by atoms with Crippen LogP contribution in [-0.4, -0.2) is 44.9 Å². The zero-order valence-electron chi connectivity index (χ0n) is 13.2. The molecule has 5 nitrogen and oxygen atoms in total. The molecule has 0 bridgehead atoms. The molecule has 0 heterocycles. The summed E-state index contributed by atoms with van der Waals surface area (Å²) in [6, 6.07) is 3.04. The number of hydrogen-bond donors (Lipinski definition) is 1. The summed E-state index contributed by atoms with van der Waals surface area (Å²) in [5.41, 5.74) is 7.09. The monoisotopic (exact) mass is 332 g/mol. The second-order valence-electron chi connectivity index (χ2n) is 5.01. The van der Waals surface area contributed by atoms with Gasteiger partial charge in [0.05, 0.1) is 7.11 Å².